The molecule has 2 amide bonds. The molecule has 31 heavy (non-hydrogen) atoms. The molecule has 0 spiro atoms. The van der Waals surface area contributed by atoms with E-state index in [1.165, 1.54) is 6.42 Å². The van der Waals surface area contributed by atoms with E-state index in [-0.39, 0.29) is 24.3 Å². The van der Waals surface area contributed by atoms with Crippen LogP contribution in [0.25, 0.3) is 0 Å². The highest BCUT2D eigenvalue weighted by molar-refractivity contribution is 6.31. The lowest BCUT2D eigenvalue weighted by atomic mass is 9.95. The minimum atomic E-state index is -0.570. The maximum atomic E-state index is 13.2. The van der Waals surface area contributed by atoms with Crippen molar-refractivity contribution >= 4 is 35.0 Å². The number of amides is 2. The van der Waals surface area contributed by atoms with Crippen LogP contribution in [-0.2, 0) is 22.6 Å². The Morgan fingerprint density at radius 1 is 1.06 bits per heavy atom. The lowest BCUT2D eigenvalue weighted by molar-refractivity contribution is -0.141. The normalized spacial score (nSPS) is 15.3. The highest BCUT2D eigenvalue weighted by Gasteiger charge is 2.28. The van der Waals surface area contributed by atoms with Gasteiger partial charge in [0.05, 0.1) is 0 Å². The van der Waals surface area contributed by atoms with E-state index in [9.17, 15) is 9.59 Å². The Hall–Kier alpha value is -2.04. The summed E-state index contributed by atoms with van der Waals surface area (Å²) < 4.78 is 0. The molecule has 0 bridgehead atoms. The summed E-state index contributed by atoms with van der Waals surface area (Å²) in [5.41, 5.74) is 1.83. The third-order valence-electron chi connectivity index (χ3n) is 5.93. The molecule has 2 aromatic carbocycles. The molecular formula is C25H30Cl2N2O2. The van der Waals surface area contributed by atoms with Crippen LogP contribution in [0.5, 0.6) is 0 Å². The number of benzene rings is 2. The smallest absolute Gasteiger partial charge is 0.242 e. The molecule has 1 atom stereocenters. The van der Waals surface area contributed by atoms with Crippen molar-refractivity contribution in [3.05, 3.63) is 69.7 Å². The summed E-state index contributed by atoms with van der Waals surface area (Å²) in [6.45, 7) is 2.14. The molecule has 1 aliphatic rings. The SMILES string of the molecule is C[C@H](C(=O)NC1CCCCC1)N(Cc1cccc(Cl)c1)C(=O)CCc1ccccc1Cl. The molecule has 0 radical (unpaired) electrons. The zero-order valence-corrected chi connectivity index (χ0v) is 19.5. The Kier molecular flexibility index (Phi) is 8.79. The van der Waals surface area contributed by atoms with E-state index in [1.807, 2.05) is 42.5 Å². The van der Waals surface area contributed by atoms with Crippen molar-refractivity contribution in [2.75, 3.05) is 0 Å². The van der Waals surface area contributed by atoms with E-state index in [0.29, 0.717) is 23.0 Å². The number of rotatable bonds is 8. The summed E-state index contributed by atoms with van der Waals surface area (Å²) in [5.74, 6) is -0.175. The van der Waals surface area contributed by atoms with Gasteiger partial charge in [-0.1, -0.05) is 72.8 Å². The minimum absolute atomic E-state index is 0.0776. The summed E-state index contributed by atoms with van der Waals surface area (Å²) in [6, 6.07) is 14.6. The van der Waals surface area contributed by atoms with Gasteiger partial charge in [0, 0.05) is 29.1 Å². The summed E-state index contributed by atoms with van der Waals surface area (Å²) >= 11 is 12.4. The number of carbonyl (C=O) groups excluding carboxylic acids is 2. The van der Waals surface area contributed by atoms with E-state index in [1.54, 1.807) is 17.9 Å². The molecule has 1 saturated carbocycles. The Labute approximate surface area is 194 Å². The van der Waals surface area contributed by atoms with Crippen LogP contribution >= 0.6 is 23.2 Å². The predicted octanol–water partition coefficient (Wildman–Crippen LogP) is 5.79. The zero-order valence-electron chi connectivity index (χ0n) is 17.9. The molecule has 6 heteroatoms. The molecule has 166 valence electrons. The predicted molar refractivity (Wildman–Crippen MR) is 126 cm³/mol. The first-order valence-corrected chi connectivity index (χ1v) is 11.8. The molecular weight excluding hydrogens is 431 g/mol. The number of halogens is 2. The zero-order chi connectivity index (χ0) is 22.2. The van der Waals surface area contributed by atoms with Crippen LogP contribution < -0.4 is 5.32 Å². The van der Waals surface area contributed by atoms with Crippen molar-refractivity contribution in [2.45, 2.75) is 70.5 Å². The third-order valence-corrected chi connectivity index (χ3v) is 6.53. The van der Waals surface area contributed by atoms with E-state index in [4.69, 9.17) is 23.2 Å². The van der Waals surface area contributed by atoms with Crippen molar-refractivity contribution in [1.29, 1.82) is 0 Å². The van der Waals surface area contributed by atoms with Crippen molar-refractivity contribution in [2.24, 2.45) is 0 Å². The monoisotopic (exact) mass is 460 g/mol. The molecule has 2 aromatic rings. The first kappa shape index (κ1) is 23.6. The largest absolute Gasteiger partial charge is 0.352 e. The minimum Gasteiger partial charge on any atom is -0.352 e. The van der Waals surface area contributed by atoms with Crippen molar-refractivity contribution in [1.82, 2.24) is 10.2 Å². The van der Waals surface area contributed by atoms with Gasteiger partial charge in [-0.3, -0.25) is 9.59 Å². The van der Waals surface area contributed by atoms with Gasteiger partial charge in [-0.25, -0.2) is 0 Å². The second kappa shape index (κ2) is 11.5. The van der Waals surface area contributed by atoms with Crippen LogP contribution in [0.3, 0.4) is 0 Å². The van der Waals surface area contributed by atoms with Gasteiger partial charge < -0.3 is 10.2 Å². The van der Waals surface area contributed by atoms with E-state index in [2.05, 4.69) is 5.32 Å². The van der Waals surface area contributed by atoms with E-state index >= 15 is 0 Å². The Morgan fingerprint density at radius 2 is 1.81 bits per heavy atom. The second-order valence-corrected chi connectivity index (χ2v) is 9.11. The third kappa shape index (κ3) is 6.98. The highest BCUT2D eigenvalue weighted by Crippen LogP contribution is 2.21. The number of nitrogens with zero attached hydrogens (tertiary/aromatic N) is 1. The molecule has 4 nitrogen and oxygen atoms in total. The van der Waals surface area contributed by atoms with Crippen molar-refractivity contribution in [3.8, 4) is 0 Å². The van der Waals surface area contributed by atoms with Crippen molar-refractivity contribution in [3.63, 3.8) is 0 Å². The summed E-state index contributed by atoms with van der Waals surface area (Å²) in [4.78, 5) is 27.9. The maximum Gasteiger partial charge on any atom is 0.242 e. The first-order chi connectivity index (χ1) is 14.9. The van der Waals surface area contributed by atoms with Crippen molar-refractivity contribution < 1.29 is 9.59 Å². The fourth-order valence-corrected chi connectivity index (χ4v) is 4.51. The Balaban J connectivity index is 1.71. The van der Waals surface area contributed by atoms with Crippen LogP contribution in [0.2, 0.25) is 10.0 Å². The number of nitrogens with one attached hydrogen (secondary N) is 1. The van der Waals surface area contributed by atoms with Crippen LogP contribution in [-0.4, -0.2) is 28.8 Å². The summed E-state index contributed by atoms with van der Waals surface area (Å²) in [7, 11) is 0. The molecule has 0 aliphatic heterocycles. The molecule has 0 aromatic heterocycles. The molecule has 0 saturated heterocycles. The molecule has 1 fully saturated rings. The highest BCUT2D eigenvalue weighted by atomic mass is 35.5. The van der Waals surface area contributed by atoms with Gasteiger partial charge in [0.15, 0.2) is 0 Å². The molecule has 0 heterocycles. The average Bonchev–Trinajstić information content (AvgIpc) is 2.77. The van der Waals surface area contributed by atoms with Gasteiger partial charge in [-0.2, -0.15) is 0 Å². The molecule has 3 rings (SSSR count). The van der Waals surface area contributed by atoms with Crippen LogP contribution in [0.4, 0.5) is 0 Å². The maximum absolute atomic E-state index is 13.2. The standard InChI is InChI=1S/C25H30Cl2N2O2/c1-18(25(31)28-22-11-3-2-4-12-22)29(17-19-8-7-10-21(26)16-19)24(30)15-14-20-9-5-6-13-23(20)27/h5-10,13,16,18,22H,2-4,11-12,14-15,17H2,1H3,(H,28,31)/t18-/m1/s1. The van der Waals surface area contributed by atoms with Gasteiger partial charge in [0.1, 0.15) is 6.04 Å². The lowest BCUT2D eigenvalue weighted by Crippen LogP contribution is -2.50. The molecule has 1 aliphatic carbocycles. The van der Waals surface area contributed by atoms with Crippen LogP contribution in [0.1, 0.15) is 56.6 Å². The first-order valence-electron chi connectivity index (χ1n) is 11.0. The van der Waals surface area contributed by atoms with Gasteiger partial charge in [0.2, 0.25) is 11.8 Å². The number of carbonyl (C=O) groups is 2. The van der Waals surface area contributed by atoms with Crippen LogP contribution in [0.15, 0.2) is 48.5 Å². The van der Waals surface area contributed by atoms with Gasteiger partial charge in [-0.05, 0) is 55.5 Å². The fraction of sp³-hybridized carbons (Fsp3) is 0.440. The number of hydrogen-bond acceptors (Lipinski definition) is 2. The van der Waals surface area contributed by atoms with E-state index < -0.39 is 6.04 Å². The van der Waals surface area contributed by atoms with Gasteiger partial charge in [0.25, 0.3) is 0 Å². The van der Waals surface area contributed by atoms with Gasteiger partial charge in [-0.15, -0.1) is 0 Å². The molecule has 0 unspecified atom stereocenters. The summed E-state index contributed by atoms with van der Waals surface area (Å²) in [5, 5.41) is 4.42. The topological polar surface area (TPSA) is 49.4 Å². The second-order valence-electron chi connectivity index (χ2n) is 8.26. The molecule has 1 N–H and O–H groups in total. The number of aryl methyl sites for hydroxylation is 1. The van der Waals surface area contributed by atoms with Crippen LogP contribution in [0, 0.1) is 0 Å². The average molecular weight is 461 g/mol. The Morgan fingerprint density at radius 3 is 2.52 bits per heavy atom. The van der Waals surface area contributed by atoms with Gasteiger partial charge >= 0.3 is 0 Å². The number of hydrogen-bond donors (Lipinski definition) is 1. The Bertz CT molecular complexity index is 897. The fourth-order valence-electron chi connectivity index (χ4n) is 4.07. The quantitative estimate of drug-likeness (QED) is 0.541. The summed E-state index contributed by atoms with van der Waals surface area (Å²) in [6.07, 6.45) is 6.33. The lowest BCUT2D eigenvalue weighted by Gasteiger charge is -2.31. The van der Waals surface area contributed by atoms with E-state index in [0.717, 1.165) is 36.8 Å².